The number of nitrogen functional groups attached to an aromatic ring is 1. The van der Waals surface area contributed by atoms with Crippen molar-refractivity contribution >= 4 is 23.5 Å². The minimum atomic E-state index is -4.60. The van der Waals surface area contributed by atoms with Gasteiger partial charge in [-0.25, -0.2) is 4.39 Å². The van der Waals surface area contributed by atoms with Crippen LogP contribution in [0.2, 0.25) is 0 Å². The molecule has 0 radical (unpaired) electrons. The highest BCUT2D eigenvalue weighted by atomic mass is 32.2. The number of hydrogen-bond acceptors (Lipinski definition) is 6. The molecule has 2 N–H and O–H groups in total. The fourth-order valence-corrected chi connectivity index (χ4v) is 2.22. The van der Waals surface area contributed by atoms with Gasteiger partial charge in [-0.15, -0.1) is 5.10 Å². The minimum Gasteiger partial charge on any atom is -0.368 e. The number of rotatable bonds is 2. The highest BCUT2D eigenvalue weighted by Crippen LogP contribution is 2.32. The van der Waals surface area contributed by atoms with Crippen LogP contribution in [0.4, 0.5) is 23.5 Å². The first kappa shape index (κ1) is 15.5. The molecule has 0 aliphatic heterocycles. The number of aromatic nitrogens is 5. The molecule has 0 spiro atoms. The van der Waals surface area contributed by atoms with Crippen molar-refractivity contribution in [2.24, 2.45) is 0 Å². The van der Waals surface area contributed by atoms with Crippen molar-refractivity contribution in [1.82, 2.24) is 24.6 Å². The van der Waals surface area contributed by atoms with Gasteiger partial charge in [0.15, 0.2) is 11.0 Å². The molecule has 120 valence electrons. The monoisotopic (exact) mass is 344 g/mol. The number of nitrogens with two attached hydrogens (primary N) is 1. The Kier molecular flexibility index (Phi) is 3.59. The van der Waals surface area contributed by atoms with Crippen LogP contribution in [0.3, 0.4) is 0 Å². The second-order valence-corrected chi connectivity index (χ2v) is 5.18. The summed E-state index contributed by atoms with van der Waals surface area (Å²) in [5.41, 5.74) is 4.29. The molecule has 6 nitrogen and oxygen atoms in total. The summed E-state index contributed by atoms with van der Waals surface area (Å²) >= 11 is 1.21. The largest absolute Gasteiger partial charge is 0.416 e. The van der Waals surface area contributed by atoms with Gasteiger partial charge >= 0.3 is 6.18 Å². The molecule has 0 aliphatic rings. The maximum absolute atomic E-state index is 13.9. The van der Waals surface area contributed by atoms with Gasteiger partial charge in [-0.2, -0.15) is 32.6 Å². The van der Waals surface area contributed by atoms with Gasteiger partial charge in [0, 0.05) is 0 Å². The molecule has 3 aromatic rings. The first-order valence-corrected chi connectivity index (χ1v) is 7.33. The van der Waals surface area contributed by atoms with Crippen molar-refractivity contribution < 1.29 is 17.6 Å². The van der Waals surface area contributed by atoms with Crippen LogP contribution in [0, 0.1) is 5.82 Å². The van der Waals surface area contributed by atoms with Gasteiger partial charge in [0.1, 0.15) is 5.82 Å². The Bertz CT molecular complexity index is 891. The molecule has 23 heavy (non-hydrogen) atoms. The van der Waals surface area contributed by atoms with Gasteiger partial charge in [0.05, 0.1) is 11.1 Å². The normalized spacial score (nSPS) is 12.0. The molecule has 3 rings (SSSR count). The van der Waals surface area contributed by atoms with E-state index in [2.05, 4.69) is 20.1 Å². The van der Waals surface area contributed by atoms with Gasteiger partial charge in [0.2, 0.25) is 5.95 Å². The fourth-order valence-electron chi connectivity index (χ4n) is 1.86. The second-order valence-electron chi connectivity index (χ2n) is 4.41. The summed E-state index contributed by atoms with van der Waals surface area (Å²) in [5, 5.41) is 4.20. The summed E-state index contributed by atoms with van der Waals surface area (Å²) in [7, 11) is 0. The first-order valence-electron chi connectivity index (χ1n) is 6.11. The highest BCUT2D eigenvalue weighted by Gasteiger charge is 2.31. The molecule has 1 aromatic carbocycles. The number of alkyl halides is 3. The molecule has 0 fully saturated rings. The molecule has 2 aromatic heterocycles. The summed E-state index contributed by atoms with van der Waals surface area (Å²) in [6.07, 6.45) is -2.89. The third-order valence-electron chi connectivity index (χ3n) is 2.93. The zero-order chi connectivity index (χ0) is 16.8. The van der Waals surface area contributed by atoms with Crippen molar-refractivity contribution in [3.63, 3.8) is 0 Å². The van der Waals surface area contributed by atoms with E-state index in [1.54, 1.807) is 6.26 Å². The summed E-state index contributed by atoms with van der Waals surface area (Å²) in [5.74, 6) is -1.17. The lowest BCUT2D eigenvalue weighted by atomic mass is 10.1. The third-order valence-corrected chi connectivity index (χ3v) is 3.48. The Morgan fingerprint density at radius 1 is 1.17 bits per heavy atom. The van der Waals surface area contributed by atoms with E-state index in [1.165, 1.54) is 11.8 Å². The number of anilines is 1. The van der Waals surface area contributed by atoms with Gasteiger partial charge < -0.3 is 5.73 Å². The highest BCUT2D eigenvalue weighted by molar-refractivity contribution is 7.98. The molecular formula is C12H8F4N6S. The minimum absolute atomic E-state index is 0.0219. The number of thioether (sulfide) groups is 1. The van der Waals surface area contributed by atoms with Crippen LogP contribution in [-0.4, -0.2) is 30.8 Å². The molecule has 0 bridgehead atoms. The van der Waals surface area contributed by atoms with E-state index in [0.29, 0.717) is 23.4 Å². The van der Waals surface area contributed by atoms with E-state index >= 15 is 0 Å². The standard InChI is InChI=1S/C12H8F4N6S/c1-23-11-19-9(17)22-10(20-11)18-8(21-22)6-4-5(12(14,15)16)2-3-7(6)13/h2-4H,1H3,(H2,17,18,19,20,21). The summed E-state index contributed by atoms with van der Waals surface area (Å²) < 4.78 is 53.2. The van der Waals surface area contributed by atoms with Crippen LogP contribution in [0.25, 0.3) is 17.2 Å². The molecule has 2 heterocycles. The van der Waals surface area contributed by atoms with Crippen LogP contribution in [0.15, 0.2) is 23.4 Å². The summed E-state index contributed by atoms with van der Waals surface area (Å²) in [4.78, 5) is 11.9. The average Bonchev–Trinajstić information content (AvgIpc) is 2.90. The predicted octanol–water partition coefficient (Wildman–Crippen LogP) is 2.65. The van der Waals surface area contributed by atoms with E-state index in [4.69, 9.17) is 5.73 Å². The van der Waals surface area contributed by atoms with E-state index in [9.17, 15) is 17.6 Å². The van der Waals surface area contributed by atoms with Gasteiger partial charge in [-0.3, -0.25) is 0 Å². The SMILES string of the molecule is CSc1nc(N)n2nc(-c3cc(C(F)(F)F)ccc3F)nc2n1. The molecule has 11 heteroatoms. The Balaban J connectivity index is 2.19. The lowest BCUT2D eigenvalue weighted by Gasteiger charge is -2.07. The lowest BCUT2D eigenvalue weighted by molar-refractivity contribution is -0.137. The molecule has 0 saturated carbocycles. The number of fused-ring (bicyclic) bond motifs is 1. The molecule has 0 unspecified atom stereocenters. The predicted molar refractivity (Wildman–Crippen MR) is 75.2 cm³/mol. The summed E-state index contributed by atoms with van der Waals surface area (Å²) in [6.45, 7) is 0. The Hall–Kier alpha value is -2.43. The van der Waals surface area contributed by atoms with E-state index < -0.39 is 23.1 Å². The van der Waals surface area contributed by atoms with Crippen LogP contribution < -0.4 is 5.73 Å². The van der Waals surface area contributed by atoms with Crippen molar-refractivity contribution in [2.75, 3.05) is 12.0 Å². The average molecular weight is 344 g/mol. The molecule has 0 saturated heterocycles. The topological polar surface area (TPSA) is 82.0 Å². The van der Waals surface area contributed by atoms with Crippen molar-refractivity contribution in [2.45, 2.75) is 11.3 Å². The Morgan fingerprint density at radius 2 is 1.91 bits per heavy atom. The van der Waals surface area contributed by atoms with Crippen LogP contribution >= 0.6 is 11.8 Å². The molecule has 0 aliphatic carbocycles. The second kappa shape index (κ2) is 5.33. The van der Waals surface area contributed by atoms with E-state index in [0.717, 1.165) is 4.52 Å². The van der Waals surface area contributed by atoms with Crippen molar-refractivity contribution in [3.8, 4) is 11.4 Å². The number of hydrogen-bond donors (Lipinski definition) is 1. The molecule has 0 atom stereocenters. The smallest absolute Gasteiger partial charge is 0.368 e. The molecule has 0 amide bonds. The van der Waals surface area contributed by atoms with Gasteiger partial charge in [0.25, 0.3) is 5.78 Å². The fraction of sp³-hybridized carbons (Fsp3) is 0.167. The van der Waals surface area contributed by atoms with Gasteiger partial charge in [-0.05, 0) is 24.5 Å². The van der Waals surface area contributed by atoms with Crippen molar-refractivity contribution in [3.05, 3.63) is 29.6 Å². The molecular weight excluding hydrogens is 336 g/mol. The zero-order valence-electron chi connectivity index (χ0n) is 11.5. The van der Waals surface area contributed by atoms with E-state index in [1.807, 2.05) is 0 Å². The van der Waals surface area contributed by atoms with Crippen LogP contribution in [-0.2, 0) is 6.18 Å². The quantitative estimate of drug-likeness (QED) is 0.568. The Labute approximate surface area is 130 Å². The number of halogens is 4. The van der Waals surface area contributed by atoms with Crippen LogP contribution in [0.1, 0.15) is 5.56 Å². The first-order chi connectivity index (χ1) is 10.8. The zero-order valence-corrected chi connectivity index (χ0v) is 12.3. The summed E-state index contributed by atoms with van der Waals surface area (Å²) in [6, 6.07) is 2.00. The third kappa shape index (κ3) is 2.79. The van der Waals surface area contributed by atoms with E-state index in [-0.39, 0.29) is 17.6 Å². The van der Waals surface area contributed by atoms with Crippen molar-refractivity contribution in [1.29, 1.82) is 0 Å². The number of nitrogens with zero attached hydrogens (tertiary/aromatic N) is 5. The van der Waals surface area contributed by atoms with Gasteiger partial charge in [-0.1, -0.05) is 11.8 Å². The maximum Gasteiger partial charge on any atom is 0.416 e. The lowest BCUT2D eigenvalue weighted by Crippen LogP contribution is -2.06. The number of benzene rings is 1. The maximum atomic E-state index is 13.9. The van der Waals surface area contributed by atoms with Crippen LogP contribution in [0.5, 0.6) is 0 Å². The Morgan fingerprint density at radius 3 is 2.57 bits per heavy atom.